The average Bonchev–Trinajstić information content (AvgIpc) is 2.93. The second kappa shape index (κ2) is 5.54. The number of thioether (sulfide) groups is 1. The quantitative estimate of drug-likeness (QED) is 0.809. The van der Waals surface area contributed by atoms with E-state index in [0.29, 0.717) is 5.25 Å². The molecule has 0 amide bonds. The van der Waals surface area contributed by atoms with Crippen LogP contribution >= 0.6 is 11.8 Å². The van der Waals surface area contributed by atoms with Crippen molar-refractivity contribution in [2.24, 2.45) is 0 Å². The Kier molecular flexibility index (Phi) is 3.80. The summed E-state index contributed by atoms with van der Waals surface area (Å²) in [6, 6.07) is 9.31. The first-order chi connectivity index (χ1) is 8.83. The van der Waals surface area contributed by atoms with E-state index in [0.717, 1.165) is 0 Å². The maximum Gasteiger partial charge on any atom is 0.0424 e. The lowest BCUT2D eigenvalue weighted by Crippen LogP contribution is -2.30. The molecule has 2 nitrogen and oxygen atoms in total. The van der Waals surface area contributed by atoms with Gasteiger partial charge in [0.2, 0.25) is 0 Å². The molecular formula is C15H22N2S. The van der Waals surface area contributed by atoms with Crippen LogP contribution in [0.25, 0.3) is 0 Å². The zero-order chi connectivity index (χ0) is 12.4. The highest BCUT2D eigenvalue weighted by Crippen LogP contribution is 2.33. The Bertz CT molecular complexity index is 384. The molecule has 2 aliphatic heterocycles. The molecule has 2 fully saturated rings. The maximum atomic E-state index is 2.50. The third-order valence-electron chi connectivity index (χ3n) is 4.01. The normalized spacial score (nSPS) is 25.6. The van der Waals surface area contributed by atoms with E-state index < -0.39 is 0 Å². The van der Waals surface area contributed by atoms with Gasteiger partial charge in [-0.2, -0.15) is 11.8 Å². The minimum absolute atomic E-state index is 0.663. The first kappa shape index (κ1) is 12.4. The van der Waals surface area contributed by atoms with Crippen molar-refractivity contribution >= 4 is 17.4 Å². The van der Waals surface area contributed by atoms with Crippen molar-refractivity contribution in [1.82, 2.24) is 4.90 Å². The number of anilines is 1. The molecule has 3 heteroatoms. The minimum atomic E-state index is 0.663. The van der Waals surface area contributed by atoms with Gasteiger partial charge in [0, 0.05) is 42.9 Å². The summed E-state index contributed by atoms with van der Waals surface area (Å²) in [5, 5.41) is 0.663. The van der Waals surface area contributed by atoms with Crippen LogP contribution in [0.5, 0.6) is 0 Å². The number of nitrogens with zero attached hydrogens (tertiary/aromatic N) is 2. The van der Waals surface area contributed by atoms with Gasteiger partial charge in [0.25, 0.3) is 0 Å². The van der Waals surface area contributed by atoms with Crippen LogP contribution in [0.4, 0.5) is 5.69 Å². The minimum Gasteiger partial charge on any atom is -0.372 e. The van der Waals surface area contributed by atoms with E-state index in [-0.39, 0.29) is 0 Å². The van der Waals surface area contributed by atoms with Gasteiger partial charge in [-0.05, 0) is 37.6 Å². The molecule has 0 saturated carbocycles. The molecule has 2 heterocycles. The molecule has 2 saturated heterocycles. The highest BCUT2D eigenvalue weighted by molar-refractivity contribution is 7.99. The van der Waals surface area contributed by atoms with Crippen LogP contribution in [-0.4, -0.2) is 43.9 Å². The summed E-state index contributed by atoms with van der Waals surface area (Å²) in [5.41, 5.74) is 2.90. The van der Waals surface area contributed by atoms with Crippen molar-refractivity contribution in [3.63, 3.8) is 0 Å². The molecule has 18 heavy (non-hydrogen) atoms. The lowest BCUT2D eigenvalue weighted by Gasteiger charge is -2.29. The van der Waals surface area contributed by atoms with E-state index in [2.05, 4.69) is 52.9 Å². The number of benzene rings is 1. The first-order valence-corrected chi connectivity index (χ1v) is 8.03. The second-order valence-corrected chi connectivity index (χ2v) is 6.72. The summed E-state index contributed by atoms with van der Waals surface area (Å²) < 4.78 is 0. The molecular weight excluding hydrogens is 240 g/mol. The lowest BCUT2D eigenvalue weighted by atomic mass is 10.1. The molecule has 1 aromatic rings. The summed E-state index contributed by atoms with van der Waals surface area (Å²) in [6.45, 7) is 4.89. The number of likely N-dealkylation sites (N-methyl/N-ethyl adjacent to an activating group) is 1. The Morgan fingerprint density at radius 2 is 1.78 bits per heavy atom. The molecule has 1 atom stereocenters. The fraction of sp³-hybridized carbons (Fsp3) is 0.600. The Labute approximate surface area is 114 Å². The summed E-state index contributed by atoms with van der Waals surface area (Å²) in [6.07, 6.45) is 2.70. The van der Waals surface area contributed by atoms with Crippen molar-refractivity contribution in [3.8, 4) is 0 Å². The zero-order valence-electron chi connectivity index (χ0n) is 11.1. The molecule has 0 aliphatic carbocycles. The van der Waals surface area contributed by atoms with E-state index in [1.807, 2.05) is 0 Å². The predicted octanol–water partition coefficient (Wildman–Crippen LogP) is 3.01. The smallest absolute Gasteiger partial charge is 0.0424 e. The Balaban J connectivity index is 1.70. The number of hydrogen-bond acceptors (Lipinski definition) is 3. The Hall–Kier alpha value is -0.670. The van der Waals surface area contributed by atoms with Gasteiger partial charge >= 0.3 is 0 Å². The number of hydrogen-bond donors (Lipinski definition) is 0. The van der Waals surface area contributed by atoms with Gasteiger partial charge in [-0.15, -0.1) is 0 Å². The van der Waals surface area contributed by atoms with Crippen LogP contribution in [0, 0.1) is 0 Å². The fourth-order valence-electron chi connectivity index (χ4n) is 2.85. The summed E-state index contributed by atoms with van der Waals surface area (Å²) in [7, 11) is 2.23. The van der Waals surface area contributed by atoms with Crippen molar-refractivity contribution in [3.05, 3.63) is 29.8 Å². The molecule has 1 aromatic carbocycles. The van der Waals surface area contributed by atoms with Crippen molar-refractivity contribution < 1.29 is 0 Å². The number of rotatable bonds is 2. The van der Waals surface area contributed by atoms with E-state index in [4.69, 9.17) is 0 Å². The molecule has 0 spiro atoms. The van der Waals surface area contributed by atoms with Crippen molar-refractivity contribution in [1.29, 1.82) is 0 Å². The highest BCUT2D eigenvalue weighted by atomic mass is 32.2. The van der Waals surface area contributed by atoms with Gasteiger partial charge in [0.1, 0.15) is 0 Å². The predicted molar refractivity (Wildman–Crippen MR) is 80.6 cm³/mol. The van der Waals surface area contributed by atoms with Crippen molar-refractivity contribution in [2.45, 2.75) is 18.1 Å². The monoisotopic (exact) mass is 262 g/mol. The van der Waals surface area contributed by atoms with Gasteiger partial charge in [0.15, 0.2) is 0 Å². The van der Waals surface area contributed by atoms with Crippen LogP contribution in [0.2, 0.25) is 0 Å². The van der Waals surface area contributed by atoms with Gasteiger partial charge in [-0.25, -0.2) is 0 Å². The topological polar surface area (TPSA) is 6.48 Å². The van der Waals surface area contributed by atoms with E-state index in [9.17, 15) is 0 Å². The first-order valence-electron chi connectivity index (χ1n) is 6.98. The van der Waals surface area contributed by atoms with Crippen LogP contribution in [0.15, 0.2) is 24.3 Å². The third kappa shape index (κ3) is 2.67. The van der Waals surface area contributed by atoms with E-state index >= 15 is 0 Å². The van der Waals surface area contributed by atoms with Crippen LogP contribution in [-0.2, 0) is 0 Å². The molecule has 0 unspecified atom stereocenters. The van der Waals surface area contributed by atoms with Crippen LogP contribution in [0.3, 0.4) is 0 Å². The average molecular weight is 262 g/mol. The fourth-order valence-corrected chi connectivity index (χ4v) is 4.27. The Morgan fingerprint density at radius 3 is 2.44 bits per heavy atom. The molecule has 0 radical (unpaired) electrons. The van der Waals surface area contributed by atoms with Crippen LogP contribution < -0.4 is 4.90 Å². The summed E-state index contributed by atoms with van der Waals surface area (Å²) in [4.78, 5) is 4.94. The largest absolute Gasteiger partial charge is 0.372 e. The lowest BCUT2D eigenvalue weighted by molar-refractivity contribution is 0.347. The molecule has 0 N–H and O–H groups in total. The molecule has 0 aromatic heterocycles. The molecule has 2 aliphatic rings. The Morgan fingerprint density at radius 1 is 1.06 bits per heavy atom. The second-order valence-electron chi connectivity index (χ2n) is 5.41. The van der Waals surface area contributed by atoms with Gasteiger partial charge < -0.3 is 9.80 Å². The van der Waals surface area contributed by atoms with Gasteiger partial charge in [0.05, 0.1) is 0 Å². The molecule has 3 rings (SSSR count). The summed E-state index contributed by atoms with van der Waals surface area (Å²) >= 11 is 2.10. The van der Waals surface area contributed by atoms with Crippen LogP contribution in [0.1, 0.15) is 23.7 Å². The van der Waals surface area contributed by atoms with Gasteiger partial charge in [-0.3, -0.25) is 0 Å². The SMILES string of the molecule is CN1CCS[C@@H](c2ccc(N3CCCC3)cc2)C1. The van der Waals surface area contributed by atoms with Gasteiger partial charge in [-0.1, -0.05) is 12.1 Å². The third-order valence-corrected chi connectivity index (χ3v) is 5.25. The van der Waals surface area contributed by atoms with E-state index in [1.165, 1.54) is 56.0 Å². The summed E-state index contributed by atoms with van der Waals surface area (Å²) in [5.74, 6) is 1.26. The standard InChI is InChI=1S/C15H22N2S/c1-16-10-11-18-15(12-16)13-4-6-14(7-5-13)17-8-2-3-9-17/h4-7,15H,2-3,8-12H2,1H3/t15-/m1/s1. The maximum absolute atomic E-state index is 2.50. The van der Waals surface area contributed by atoms with E-state index in [1.54, 1.807) is 0 Å². The molecule has 0 bridgehead atoms. The zero-order valence-corrected chi connectivity index (χ0v) is 12.0. The highest BCUT2D eigenvalue weighted by Gasteiger charge is 2.19. The van der Waals surface area contributed by atoms with Crippen molar-refractivity contribution in [2.75, 3.05) is 43.9 Å². The molecule has 98 valence electrons.